The van der Waals surface area contributed by atoms with Crippen molar-refractivity contribution >= 4 is 69.5 Å². The number of rotatable bonds is 91. The topological polar surface area (TPSA) is 434 Å². The molecule has 0 aromatic rings. The van der Waals surface area contributed by atoms with Gasteiger partial charge in [-0.2, -0.15) is 50.5 Å². The molecule has 3 saturated heterocycles. The lowest BCUT2D eigenvalue weighted by Crippen LogP contribution is -2.61. The molecule has 3 fully saturated rings. The Labute approximate surface area is 799 Å². The smallest absolute Gasteiger partial charge is 0.391 e. The Morgan fingerprint density at radius 1 is 0.221 bits per heavy atom. The van der Waals surface area contributed by atoms with E-state index in [-0.39, 0.29) is 130 Å². The van der Waals surface area contributed by atoms with Crippen LogP contribution in [0.15, 0.2) is 0 Å². The van der Waals surface area contributed by atoms with Crippen LogP contribution in [-0.2, 0) is 74.0 Å². The van der Waals surface area contributed by atoms with Crippen molar-refractivity contribution < 1.29 is 111 Å². The molecule has 3 aliphatic rings. The summed E-state index contributed by atoms with van der Waals surface area (Å²) in [5, 5.41) is 32.1. The van der Waals surface area contributed by atoms with Gasteiger partial charge in [0.15, 0.2) is 0 Å². The highest BCUT2D eigenvalue weighted by molar-refractivity contribution is 7.87. The first-order chi connectivity index (χ1) is 62.3. The lowest BCUT2D eigenvalue weighted by molar-refractivity contribution is -0.929. The summed E-state index contributed by atoms with van der Waals surface area (Å²) in [4.78, 5) is 10.7. The van der Waals surface area contributed by atoms with E-state index < -0.39 is 141 Å². The lowest BCUT2D eigenvalue weighted by atomic mass is 10.0. The summed E-state index contributed by atoms with van der Waals surface area (Å²) in [6.45, 7) is 10.6. The molecular weight excluding hydrogens is 1820 g/mol. The Balaban J connectivity index is 2.24. The molecular formula is C93H192N7O24S6Si+. The second-order valence-corrected chi connectivity index (χ2v) is 51.1. The minimum atomic E-state index is -5.14. The van der Waals surface area contributed by atoms with E-state index >= 15 is 0 Å². The molecule has 3 aliphatic heterocycles. The summed E-state index contributed by atoms with van der Waals surface area (Å²) < 4.78 is 237. The van der Waals surface area contributed by atoms with Crippen LogP contribution in [0.5, 0.6) is 0 Å². The molecule has 3 rings (SSSR count). The van der Waals surface area contributed by atoms with Crippen molar-refractivity contribution in [3.63, 3.8) is 0 Å². The predicted molar refractivity (Wildman–Crippen MR) is 531 cm³/mol. The van der Waals surface area contributed by atoms with Gasteiger partial charge in [-0.1, -0.05) is 329 Å². The van der Waals surface area contributed by atoms with Crippen LogP contribution in [0.4, 0.5) is 0 Å². The maximum atomic E-state index is 13.7. The monoisotopic (exact) mass is 2010 g/mol. The second-order valence-electron chi connectivity index (χ2n) is 39.5. The minimum Gasteiger partial charge on any atom is -0.391 e. The van der Waals surface area contributed by atoms with Gasteiger partial charge >= 0.3 is 8.80 Å². The summed E-state index contributed by atoms with van der Waals surface area (Å²) in [6.07, 6.45) is 57.5. The Morgan fingerprint density at radius 2 is 0.366 bits per heavy atom. The molecule has 0 aromatic heterocycles. The summed E-state index contributed by atoms with van der Waals surface area (Å²) in [5.41, 5.74) is 0. The molecule has 9 N–H and O–H groups in total. The third-order valence-electron chi connectivity index (χ3n) is 26.7. The zero-order chi connectivity index (χ0) is 96.4. The largest absolute Gasteiger partial charge is 0.502 e. The van der Waals surface area contributed by atoms with Gasteiger partial charge in [-0.25, -0.2) is 0 Å². The van der Waals surface area contributed by atoms with Gasteiger partial charge in [0, 0.05) is 130 Å². The SMILES string of the molecule is CCCCCCCCCCCCCCCCCCCC[N+](CCCCCCCCCCCCCCCCCCCC)(CCCCCCCCCCCCCCCCCCCC)CCC[Si](OC(CN1CCN(CC(O)CS(=O)(=O)O)CC1)CS(=O)(=O)O)(OC(CN1CCN(CC(O)CS(=O)(=O)O)CC1)CS(=O)(=O)O)OC(CN1CCN(CC(O)CS(=O)(=O)O)CC1)CS(=O)(=O)O. The molecule has 0 amide bonds. The first kappa shape index (κ1) is 124. The number of quaternary nitrogens is 1. The average molecular weight is 2010 g/mol. The molecule has 0 bridgehead atoms. The molecule has 3 heterocycles. The van der Waals surface area contributed by atoms with Crippen LogP contribution in [0, 0.1) is 0 Å². The summed E-state index contributed by atoms with van der Waals surface area (Å²) in [7, 11) is -33.9. The summed E-state index contributed by atoms with van der Waals surface area (Å²) >= 11 is 0. The molecule has 6 unspecified atom stereocenters. The highest BCUT2D eigenvalue weighted by atomic mass is 32.2. The zero-order valence-electron chi connectivity index (χ0n) is 82.1. The Hall–Kier alpha value is -0.843. The van der Waals surface area contributed by atoms with E-state index in [0.29, 0.717) is 11.0 Å². The van der Waals surface area contributed by atoms with Gasteiger partial charge in [0.1, 0.15) is 34.5 Å². The summed E-state index contributed by atoms with van der Waals surface area (Å²) in [5.74, 6) is -6.03. The quantitative estimate of drug-likeness (QED) is 0.0118. The van der Waals surface area contributed by atoms with Crippen molar-refractivity contribution in [1.29, 1.82) is 0 Å². The number of hydrogen-bond donors (Lipinski definition) is 9. The fourth-order valence-corrected chi connectivity index (χ4v) is 26.7. The Morgan fingerprint density at radius 3 is 0.527 bits per heavy atom. The average Bonchev–Trinajstić information content (AvgIpc) is 0.798. The fraction of sp³-hybridized carbons (Fsp3) is 1.00. The van der Waals surface area contributed by atoms with E-state index in [4.69, 9.17) is 13.3 Å². The van der Waals surface area contributed by atoms with E-state index in [0.717, 1.165) is 96.7 Å². The lowest BCUT2D eigenvalue weighted by Gasteiger charge is -2.44. The molecule has 0 radical (unpaired) electrons. The van der Waals surface area contributed by atoms with Crippen LogP contribution in [0.25, 0.3) is 0 Å². The highest BCUT2D eigenvalue weighted by Crippen LogP contribution is 2.31. The third kappa shape index (κ3) is 73.0. The Bertz CT molecular complexity index is 3150. The van der Waals surface area contributed by atoms with E-state index in [2.05, 4.69) is 20.8 Å². The van der Waals surface area contributed by atoms with Crippen molar-refractivity contribution in [1.82, 2.24) is 29.4 Å². The molecule has 6 atom stereocenters. The van der Waals surface area contributed by atoms with Crippen LogP contribution >= 0.6 is 0 Å². The van der Waals surface area contributed by atoms with Gasteiger partial charge in [-0.3, -0.25) is 56.7 Å². The van der Waals surface area contributed by atoms with E-state index in [1.165, 1.54) is 270 Å². The van der Waals surface area contributed by atoms with Crippen LogP contribution in [0.3, 0.4) is 0 Å². The number of aliphatic hydroxyl groups excluding tert-OH is 3. The van der Waals surface area contributed by atoms with E-state index in [1.54, 1.807) is 14.7 Å². The van der Waals surface area contributed by atoms with Crippen molar-refractivity contribution in [3.8, 4) is 0 Å². The maximum absolute atomic E-state index is 13.7. The molecule has 0 aromatic carbocycles. The molecule has 31 nitrogen and oxygen atoms in total. The zero-order valence-corrected chi connectivity index (χ0v) is 88.0. The van der Waals surface area contributed by atoms with Gasteiger partial charge in [-0.05, 0) is 38.5 Å². The van der Waals surface area contributed by atoms with Crippen LogP contribution < -0.4 is 0 Å². The van der Waals surface area contributed by atoms with Gasteiger partial charge < -0.3 is 33.1 Å². The normalized spacial score (nSPS) is 17.8. The number of piperazine rings is 3. The van der Waals surface area contributed by atoms with Gasteiger partial charge in [0.05, 0.1) is 62.8 Å². The molecule has 131 heavy (non-hydrogen) atoms. The van der Waals surface area contributed by atoms with Crippen molar-refractivity contribution in [2.45, 2.75) is 417 Å². The van der Waals surface area contributed by atoms with E-state index in [1.807, 2.05) is 14.7 Å². The number of aliphatic hydroxyl groups is 3. The number of nitrogens with zero attached hydrogens (tertiary/aromatic N) is 7. The van der Waals surface area contributed by atoms with E-state index in [9.17, 15) is 93.1 Å². The second kappa shape index (κ2) is 73.3. The summed E-state index contributed by atoms with van der Waals surface area (Å²) in [6, 6.07) is -0.214. The van der Waals surface area contributed by atoms with Gasteiger partial charge in [0.2, 0.25) is 0 Å². The molecule has 38 heteroatoms. The molecule has 782 valence electrons. The first-order valence-corrected chi connectivity index (χ1v) is 63.8. The van der Waals surface area contributed by atoms with Crippen molar-refractivity contribution in [3.05, 3.63) is 0 Å². The van der Waals surface area contributed by atoms with Gasteiger partial charge in [-0.15, -0.1) is 0 Å². The van der Waals surface area contributed by atoms with Crippen molar-refractivity contribution in [2.24, 2.45) is 0 Å². The molecule has 0 aliphatic carbocycles. The van der Waals surface area contributed by atoms with Crippen LogP contribution in [-0.4, -0.2) is 351 Å². The fourth-order valence-electron chi connectivity index (χ4n) is 19.6. The number of hydrogen-bond acceptors (Lipinski definition) is 24. The van der Waals surface area contributed by atoms with Gasteiger partial charge in [0.25, 0.3) is 60.7 Å². The van der Waals surface area contributed by atoms with Crippen molar-refractivity contribution in [2.75, 3.05) is 179 Å². The first-order valence-electron chi connectivity index (χ1n) is 52.3. The van der Waals surface area contributed by atoms with Crippen LogP contribution in [0.1, 0.15) is 374 Å². The number of unbranched alkanes of at least 4 members (excludes halogenated alkanes) is 51. The molecule has 0 spiro atoms. The van der Waals surface area contributed by atoms with Crippen LogP contribution in [0.2, 0.25) is 6.04 Å². The maximum Gasteiger partial charge on any atom is 0.502 e. The third-order valence-corrected chi connectivity index (χ3v) is 34.5. The Kier molecular flexibility index (Phi) is 69.5. The number of β-amino-alcohol motifs (C(OH)–C–C–N with tert-alkyl or cyclic N) is 3. The highest BCUT2D eigenvalue weighted by Gasteiger charge is 2.51. The molecule has 0 saturated carbocycles. The predicted octanol–water partition coefficient (Wildman–Crippen LogP) is 15.7. The standard InChI is InChI=1S/C93H191N7O24S6Si/c1-4-7-10-13-16-19-22-25-28-31-34-37-40-43-46-49-52-55-71-100(72-56-53-50-47-44-41-38-35-32-29-26-23-20-17-14-11-8-5-2,73-57-54-51-48-45-42-39-36-33-30-27-24-21-18-15-12-9-6-3)74-58-75-131(122-91(85-128(113,114)115)79-97-65-59-94(60-66-97)76-88(101)82-125(104,105)106,123-92(86-129(116,117)118)80-98-67-61-95(62-68-98)77-89(102)83-126(107,108)109)124-93(87-130(119,120)121)81-99-69-63-96(64-70-99)78-90(103)84-127(110,111)112/h88-93,101-103H,4-87H2,1-3H3,(H5-,104,105,106,107,108,109,110,111,112,113,114,115,116,117,118,119,120,121)/p+1. The minimum absolute atomic E-state index is 0.144.